The molecule has 1 unspecified atom stereocenters. The Morgan fingerprint density at radius 1 is 1.12 bits per heavy atom. The zero-order valence-electron chi connectivity index (χ0n) is 9.41. The largest absolute Gasteiger partial charge is 0.347 e. The van der Waals surface area contributed by atoms with Gasteiger partial charge in [0.25, 0.3) is 0 Å². The highest BCUT2D eigenvalue weighted by molar-refractivity contribution is 7.93. The Labute approximate surface area is 105 Å². The molecule has 0 aromatic heterocycles. The van der Waals surface area contributed by atoms with Crippen LogP contribution in [0.1, 0.15) is 32.1 Å². The normalized spacial score (nSPS) is 17.8. The van der Waals surface area contributed by atoms with Crippen molar-refractivity contribution in [1.29, 1.82) is 0 Å². The standard InChI is InChI=1S/C13H18NPS/c16-13(14-11-7-3-1-4-8-11)15-12-9-5-2-6-10-12/h1,3-4,7-8,12,15H,2,5-6,9-10H2,(H,14,16). The van der Waals surface area contributed by atoms with E-state index >= 15 is 0 Å². The number of hydrogen-bond acceptors (Lipinski definition) is 1. The second-order valence-electron chi connectivity index (χ2n) is 4.30. The molecule has 1 aliphatic rings. The topological polar surface area (TPSA) is 12.0 Å². The highest BCUT2D eigenvalue weighted by Crippen LogP contribution is 2.34. The maximum Gasteiger partial charge on any atom is 0.0997 e. The fraction of sp³-hybridized carbons (Fsp3) is 0.462. The van der Waals surface area contributed by atoms with Crippen LogP contribution < -0.4 is 5.32 Å². The highest BCUT2D eigenvalue weighted by atomic mass is 32.1. The molecule has 0 radical (unpaired) electrons. The first-order valence-corrected chi connectivity index (χ1v) is 7.46. The maximum atomic E-state index is 5.42. The van der Waals surface area contributed by atoms with Gasteiger partial charge < -0.3 is 5.32 Å². The minimum Gasteiger partial charge on any atom is -0.347 e. The average Bonchev–Trinajstić information content (AvgIpc) is 2.31. The summed E-state index contributed by atoms with van der Waals surface area (Å²) in [6.45, 7) is 0. The lowest BCUT2D eigenvalue weighted by Gasteiger charge is -2.22. The van der Waals surface area contributed by atoms with Crippen LogP contribution in [0, 0.1) is 0 Å². The molecule has 16 heavy (non-hydrogen) atoms. The number of para-hydroxylation sites is 1. The molecule has 1 nitrogen and oxygen atoms in total. The molecule has 1 saturated carbocycles. The van der Waals surface area contributed by atoms with Crippen LogP contribution in [0.2, 0.25) is 0 Å². The van der Waals surface area contributed by atoms with Crippen LogP contribution in [-0.2, 0) is 0 Å². The number of hydrogen-bond donors (Lipinski definition) is 1. The second kappa shape index (κ2) is 6.32. The summed E-state index contributed by atoms with van der Waals surface area (Å²) in [4.78, 5) is 0. The molecule has 0 aliphatic heterocycles. The number of rotatable bonds is 3. The molecule has 2 rings (SSSR count). The zero-order chi connectivity index (χ0) is 11.2. The van der Waals surface area contributed by atoms with Crippen molar-refractivity contribution < 1.29 is 0 Å². The van der Waals surface area contributed by atoms with E-state index in [1.165, 1.54) is 32.1 Å². The molecule has 1 fully saturated rings. The predicted molar refractivity (Wildman–Crippen MR) is 77.9 cm³/mol. The van der Waals surface area contributed by atoms with Crippen LogP contribution >= 0.6 is 20.8 Å². The van der Waals surface area contributed by atoms with Gasteiger partial charge in [-0.05, 0) is 30.6 Å². The Balaban J connectivity index is 1.80. The fourth-order valence-electron chi connectivity index (χ4n) is 2.12. The second-order valence-corrected chi connectivity index (χ2v) is 6.68. The van der Waals surface area contributed by atoms with Crippen molar-refractivity contribution >= 4 is 31.2 Å². The first-order chi connectivity index (χ1) is 7.84. The van der Waals surface area contributed by atoms with Crippen molar-refractivity contribution in [2.45, 2.75) is 37.8 Å². The van der Waals surface area contributed by atoms with E-state index in [-0.39, 0.29) is 0 Å². The van der Waals surface area contributed by atoms with E-state index in [1.54, 1.807) is 0 Å². The van der Waals surface area contributed by atoms with E-state index in [2.05, 4.69) is 17.4 Å². The predicted octanol–water partition coefficient (Wildman–Crippen LogP) is 4.39. The summed E-state index contributed by atoms with van der Waals surface area (Å²) in [5, 5.41) is 3.33. The number of anilines is 1. The van der Waals surface area contributed by atoms with Crippen LogP contribution in [0.25, 0.3) is 0 Å². The summed E-state index contributed by atoms with van der Waals surface area (Å²) in [5.74, 6) is 0. The molecule has 0 heterocycles. The van der Waals surface area contributed by atoms with Crippen LogP contribution in [0.15, 0.2) is 30.3 Å². The quantitative estimate of drug-likeness (QED) is 0.631. The lowest BCUT2D eigenvalue weighted by molar-refractivity contribution is 0.515. The summed E-state index contributed by atoms with van der Waals surface area (Å²) < 4.78 is 1.03. The molecule has 0 spiro atoms. The lowest BCUT2D eigenvalue weighted by Crippen LogP contribution is -2.12. The maximum absolute atomic E-state index is 5.42. The van der Waals surface area contributed by atoms with Gasteiger partial charge in [0.15, 0.2) is 0 Å². The Morgan fingerprint density at radius 3 is 2.50 bits per heavy atom. The number of benzene rings is 1. The summed E-state index contributed by atoms with van der Waals surface area (Å²) in [7, 11) is 0.801. The van der Waals surface area contributed by atoms with E-state index in [4.69, 9.17) is 12.2 Å². The van der Waals surface area contributed by atoms with Crippen molar-refractivity contribution in [2.75, 3.05) is 5.32 Å². The van der Waals surface area contributed by atoms with E-state index in [0.29, 0.717) is 0 Å². The molecular formula is C13H18NPS. The van der Waals surface area contributed by atoms with Crippen molar-refractivity contribution in [3.05, 3.63) is 30.3 Å². The third-order valence-electron chi connectivity index (χ3n) is 2.97. The monoisotopic (exact) mass is 251 g/mol. The van der Waals surface area contributed by atoms with Gasteiger partial charge in [-0.25, -0.2) is 0 Å². The van der Waals surface area contributed by atoms with Crippen LogP contribution in [0.4, 0.5) is 5.69 Å². The highest BCUT2D eigenvalue weighted by Gasteiger charge is 2.14. The van der Waals surface area contributed by atoms with Gasteiger partial charge in [0.05, 0.1) is 4.73 Å². The molecule has 0 amide bonds. The Bertz CT molecular complexity index is 333. The number of thiocarbonyl (C=S) groups is 1. The molecule has 1 aromatic carbocycles. The van der Waals surface area contributed by atoms with Gasteiger partial charge in [0, 0.05) is 5.69 Å². The molecule has 1 aliphatic carbocycles. The van der Waals surface area contributed by atoms with Crippen molar-refractivity contribution in [1.82, 2.24) is 0 Å². The molecule has 1 N–H and O–H groups in total. The van der Waals surface area contributed by atoms with E-state index in [1.807, 2.05) is 18.2 Å². The van der Waals surface area contributed by atoms with Gasteiger partial charge >= 0.3 is 0 Å². The van der Waals surface area contributed by atoms with Gasteiger partial charge in [-0.2, -0.15) is 0 Å². The molecule has 3 heteroatoms. The van der Waals surface area contributed by atoms with Crippen molar-refractivity contribution in [2.24, 2.45) is 0 Å². The summed E-state index contributed by atoms with van der Waals surface area (Å²) in [6, 6.07) is 10.2. The van der Waals surface area contributed by atoms with E-state index < -0.39 is 0 Å². The first kappa shape index (κ1) is 12.0. The van der Waals surface area contributed by atoms with Crippen molar-refractivity contribution in [3.63, 3.8) is 0 Å². The minimum absolute atomic E-state index is 0.801. The van der Waals surface area contributed by atoms with Crippen LogP contribution in [-0.4, -0.2) is 10.4 Å². The Morgan fingerprint density at radius 2 is 1.81 bits per heavy atom. The Kier molecular flexibility index (Phi) is 4.74. The number of nitrogens with one attached hydrogen (secondary N) is 1. The lowest BCUT2D eigenvalue weighted by atomic mass is 10.0. The smallest absolute Gasteiger partial charge is 0.0997 e. The van der Waals surface area contributed by atoms with Crippen LogP contribution in [0.5, 0.6) is 0 Å². The summed E-state index contributed by atoms with van der Waals surface area (Å²) >= 11 is 5.42. The average molecular weight is 251 g/mol. The first-order valence-electron chi connectivity index (χ1n) is 5.97. The van der Waals surface area contributed by atoms with Gasteiger partial charge in [0.1, 0.15) is 0 Å². The van der Waals surface area contributed by atoms with E-state index in [9.17, 15) is 0 Å². The zero-order valence-corrected chi connectivity index (χ0v) is 11.2. The van der Waals surface area contributed by atoms with Gasteiger partial charge in [-0.15, -0.1) is 0 Å². The molecule has 0 bridgehead atoms. The van der Waals surface area contributed by atoms with Crippen molar-refractivity contribution in [3.8, 4) is 0 Å². The molecule has 86 valence electrons. The third kappa shape index (κ3) is 3.84. The van der Waals surface area contributed by atoms with Gasteiger partial charge in [-0.1, -0.05) is 58.3 Å². The van der Waals surface area contributed by atoms with E-state index in [0.717, 1.165) is 24.7 Å². The molecular weight excluding hydrogens is 233 g/mol. The van der Waals surface area contributed by atoms with Gasteiger partial charge in [0.2, 0.25) is 0 Å². The SMILES string of the molecule is S=C(Nc1ccccc1)PC1CCCCC1. The minimum atomic E-state index is 0.801. The molecule has 1 aromatic rings. The molecule has 0 saturated heterocycles. The summed E-state index contributed by atoms with van der Waals surface area (Å²) in [5.41, 5.74) is 1.97. The summed E-state index contributed by atoms with van der Waals surface area (Å²) in [6.07, 6.45) is 6.95. The third-order valence-corrected chi connectivity index (χ3v) is 4.80. The van der Waals surface area contributed by atoms with Gasteiger partial charge in [-0.3, -0.25) is 0 Å². The van der Waals surface area contributed by atoms with Crippen LogP contribution in [0.3, 0.4) is 0 Å². The fourth-order valence-corrected chi connectivity index (χ4v) is 4.02. The Hall–Kier alpha value is -0.460. The molecule has 1 atom stereocenters.